The van der Waals surface area contributed by atoms with Gasteiger partial charge in [-0.25, -0.2) is 18.1 Å². The second-order valence-corrected chi connectivity index (χ2v) is 8.65. The highest BCUT2D eigenvalue weighted by atomic mass is 32.2. The summed E-state index contributed by atoms with van der Waals surface area (Å²) in [4.78, 5) is 16.3. The number of carbonyl (C=O) groups is 1. The van der Waals surface area contributed by atoms with Gasteiger partial charge in [-0.2, -0.15) is 9.40 Å². The Bertz CT molecular complexity index is 1120. The summed E-state index contributed by atoms with van der Waals surface area (Å²) in [5.74, 6) is -0.236. The predicted molar refractivity (Wildman–Crippen MR) is 119 cm³/mol. The molecule has 0 saturated carbocycles. The maximum absolute atomic E-state index is 12.5. The molecule has 0 atom stereocenters. The van der Waals surface area contributed by atoms with Crippen molar-refractivity contribution in [2.24, 2.45) is 0 Å². The van der Waals surface area contributed by atoms with Gasteiger partial charge in [-0.3, -0.25) is 4.79 Å². The number of rotatable bonds is 9. The molecule has 31 heavy (non-hydrogen) atoms. The van der Waals surface area contributed by atoms with Gasteiger partial charge in [-0.1, -0.05) is 38.1 Å². The smallest absolute Gasteiger partial charge is 0.244 e. The number of amides is 1. The van der Waals surface area contributed by atoms with Gasteiger partial charge in [0.25, 0.3) is 0 Å². The van der Waals surface area contributed by atoms with Crippen molar-refractivity contribution >= 4 is 22.0 Å². The van der Waals surface area contributed by atoms with Gasteiger partial charge in [0.15, 0.2) is 0 Å². The van der Waals surface area contributed by atoms with E-state index in [9.17, 15) is 13.2 Å². The van der Waals surface area contributed by atoms with Crippen molar-refractivity contribution in [3.8, 4) is 5.69 Å². The molecule has 0 aliphatic carbocycles. The van der Waals surface area contributed by atoms with E-state index in [-0.39, 0.29) is 10.8 Å². The average molecular weight is 440 g/mol. The van der Waals surface area contributed by atoms with Crippen LogP contribution in [0.15, 0.2) is 72.2 Å². The fraction of sp³-hybridized carbons (Fsp3) is 0.227. The molecule has 1 aromatic heterocycles. The third-order valence-electron chi connectivity index (χ3n) is 4.74. The number of nitrogens with zero attached hydrogens (tertiary/aromatic N) is 4. The Labute approximate surface area is 182 Å². The van der Waals surface area contributed by atoms with Gasteiger partial charge in [-0.15, -0.1) is 0 Å². The molecule has 0 spiro atoms. The Morgan fingerprint density at radius 3 is 2.32 bits per heavy atom. The number of benzene rings is 2. The third-order valence-corrected chi connectivity index (χ3v) is 6.80. The molecule has 0 saturated heterocycles. The first-order valence-corrected chi connectivity index (χ1v) is 11.4. The van der Waals surface area contributed by atoms with Crippen LogP contribution < -0.4 is 5.32 Å². The van der Waals surface area contributed by atoms with Gasteiger partial charge in [-0.05, 0) is 41.5 Å². The molecular formula is C22H25N5O3S. The Morgan fingerprint density at radius 2 is 1.74 bits per heavy atom. The van der Waals surface area contributed by atoms with E-state index >= 15 is 0 Å². The van der Waals surface area contributed by atoms with Crippen LogP contribution in [0.2, 0.25) is 0 Å². The Kier molecular flexibility index (Phi) is 7.32. The molecule has 0 radical (unpaired) electrons. The molecule has 3 rings (SSSR count). The van der Waals surface area contributed by atoms with E-state index in [1.807, 2.05) is 38.1 Å². The molecular weight excluding hydrogens is 414 g/mol. The van der Waals surface area contributed by atoms with Crippen molar-refractivity contribution in [1.29, 1.82) is 0 Å². The lowest BCUT2D eigenvalue weighted by molar-refractivity contribution is -0.116. The summed E-state index contributed by atoms with van der Waals surface area (Å²) in [6.45, 7) is 4.85. The molecule has 1 amide bonds. The lowest BCUT2D eigenvalue weighted by atomic mass is 10.2. The van der Waals surface area contributed by atoms with Crippen LogP contribution in [-0.2, 0) is 21.4 Å². The zero-order valence-electron chi connectivity index (χ0n) is 17.5. The van der Waals surface area contributed by atoms with Crippen molar-refractivity contribution in [2.75, 3.05) is 13.1 Å². The highest BCUT2D eigenvalue weighted by Crippen LogP contribution is 2.16. The Morgan fingerprint density at radius 1 is 1.06 bits per heavy atom. The van der Waals surface area contributed by atoms with Crippen molar-refractivity contribution < 1.29 is 13.2 Å². The number of hydrogen-bond acceptors (Lipinski definition) is 5. The van der Waals surface area contributed by atoms with Crippen LogP contribution in [0.3, 0.4) is 0 Å². The van der Waals surface area contributed by atoms with E-state index in [0.717, 1.165) is 16.8 Å². The minimum atomic E-state index is -3.48. The SMILES string of the molecule is CCN(CC)S(=O)(=O)c1ccc(/C=C/C(=O)NCc2ccc(-n3cncn3)cc2)cc1. The van der Waals surface area contributed by atoms with Crippen LogP contribution in [-0.4, -0.2) is 46.5 Å². The van der Waals surface area contributed by atoms with Crippen LogP contribution in [0.1, 0.15) is 25.0 Å². The highest BCUT2D eigenvalue weighted by molar-refractivity contribution is 7.89. The van der Waals surface area contributed by atoms with E-state index < -0.39 is 10.0 Å². The van der Waals surface area contributed by atoms with Crippen LogP contribution in [0, 0.1) is 0 Å². The van der Waals surface area contributed by atoms with Gasteiger partial charge in [0.2, 0.25) is 15.9 Å². The first-order valence-electron chi connectivity index (χ1n) is 9.94. The van der Waals surface area contributed by atoms with Crippen LogP contribution >= 0.6 is 0 Å². The molecule has 0 aliphatic heterocycles. The fourth-order valence-corrected chi connectivity index (χ4v) is 4.45. The second-order valence-electron chi connectivity index (χ2n) is 6.72. The average Bonchev–Trinajstić information content (AvgIpc) is 3.32. The van der Waals surface area contributed by atoms with E-state index in [0.29, 0.717) is 19.6 Å². The van der Waals surface area contributed by atoms with Gasteiger partial charge >= 0.3 is 0 Å². The lowest BCUT2D eigenvalue weighted by Crippen LogP contribution is -2.30. The summed E-state index contributed by atoms with van der Waals surface area (Å²) < 4.78 is 28.1. The van der Waals surface area contributed by atoms with Crippen molar-refractivity contribution in [2.45, 2.75) is 25.3 Å². The standard InChI is InChI=1S/C22H25N5O3S/c1-3-26(4-2)31(29,30)21-12-7-18(8-13-21)9-14-22(28)24-15-19-5-10-20(11-6-19)27-17-23-16-25-27/h5-14,16-17H,3-4,15H2,1-2H3,(H,24,28)/b14-9+. The van der Waals surface area contributed by atoms with E-state index in [2.05, 4.69) is 15.4 Å². The number of hydrogen-bond donors (Lipinski definition) is 1. The maximum Gasteiger partial charge on any atom is 0.244 e. The largest absolute Gasteiger partial charge is 0.348 e. The summed E-state index contributed by atoms with van der Waals surface area (Å²) in [6.07, 6.45) is 6.17. The molecule has 0 bridgehead atoms. The van der Waals surface area contributed by atoms with Gasteiger partial charge < -0.3 is 5.32 Å². The summed E-state index contributed by atoms with van der Waals surface area (Å²) in [5, 5.41) is 6.90. The van der Waals surface area contributed by atoms with E-state index in [4.69, 9.17) is 0 Å². The van der Waals surface area contributed by atoms with Gasteiger partial charge in [0, 0.05) is 25.7 Å². The quantitative estimate of drug-likeness (QED) is 0.517. The summed E-state index contributed by atoms with van der Waals surface area (Å²) >= 11 is 0. The first-order chi connectivity index (χ1) is 14.9. The summed E-state index contributed by atoms with van der Waals surface area (Å²) in [6, 6.07) is 14.1. The number of sulfonamides is 1. The lowest BCUT2D eigenvalue weighted by Gasteiger charge is -2.18. The minimum Gasteiger partial charge on any atom is -0.348 e. The maximum atomic E-state index is 12.5. The molecule has 1 heterocycles. The Balaban J connectivity index is 1.55. The molecule has 0 aliphatic rings. The molecule has 162 valence electrons. The molecule has 8 nitrogen and oxygen atoms in total. The van der Waals surface area contributed by atoms with Crippen LogP contribution in [0.4, 0.5) is 0 Å². The molecule has 2 aromatic carbocycles. The zero-order chi connectivity index (χ0) is 22.3. The van der Waals surface area contributed by atoms with E-state index in [1.165, 1.54) is 16.7 Å². The fourth-order valence-electron chi connectivity index (χ4n) is 2.99. The predicted octanol–water partition coefficient (Wildman–Crippen LogP) is 2.63. The monoisotopic (exact) mass is 439 g/mol. The zero-order valence-corrected chi connectivity index (χ0v) is 18.3. The first kappa shape index (κ1) is 22.4. The van der Waals surface area contributed by atoms with Crippen LogP contribution in [0.5, 0.6) is 0 Å². The minimum absolute atomic E-state index is 0.236. The van der Waals surface area contributed by atoms with Crippen LogP contribution in [0.25, 0.3) is 11.8 Å². The topological polar surface area (TPSA) is 97.2 Å². The third kappa shape index (κ3) is 5.65. The summed E-state index contributed by atoms with van der Waals surface area (Å²) in [7, 11) is -3.48. The van der Waals surface area contributed by atoms with Crippen molar-refractivity contribution in [3.63, 3.8) is 0 Å². The van der Waals surface area contributed by atoms with Crippen molar-refractivity contribution in [1.82, 2.24) is 24.4 Å². The number of aromatic nitrogens is 3. The molecule has 0 unspecified atom stereocenters. The molecule has 9 heteroatoms. The van der Waals surface area contributed by atoms with Gasteiger partial charge in [0.1, 0.15) is 12.7 Å². The van der Waals surface area contributed by atoms with Gasteiger partial charge in [0.05, 0.1) is 10.6 Å². The Hall–Kier alpha value is -3.30. The molecule has 1 N–H and O–H groups in total. The summed E-state index contributed by atoms with van der Waals surface area (Å²) in [5.41, 5.74) is 2.58. The number of nitrogens with one attached hydrogen (secondary N) is 1. The molecule has 0 fully saturated rings. The normalized spacial score (nSPS) is 11.8. The molecule has 3 aromatic rings. The van der Waals surface area contributed by atoms with E-state index in [1.54, 1.807) is 41.4 Å². The number of carbonyl (C=O) groups excluding carboxylic acids is 1. The second kappa shape index (κ2) is 10.1. The highest BCUT2D eigenvalue weighted by Gasteiger charge is 2.20. The van der Waals surface area contributed by atoms with Crippen molar-refractivity contribution in [3.05, 3.63) is 78.4 Å².